The monoisotopic (exact) mass is 253 g/mol. The van der Waals surface area contributed by atoms with Crippen molar-refractivity contribution in [3.8, 4) is 0 Å². The van der Waals surface area contributed by atoms with Crippen molar-refractivity contribution in [3.63, 3.8) is 0 Å². The molecule has 0 amide bonds. The molecule has 2 nitrogen and oxygen atoms in total. The first kappa shape index (κ1) is 12.2. The minimum atomic E-state index is 0.123. The molecule has 98 valence electrons. The maximum Gasteiger partial charge on any atom is 0.250 e. The lowest BCUT2D eigenvalue weighted by Gasteiger charge is -2.13. The predicted octanol–water partition coefficient (Wildman–Crippen LogP) is 3.28. The van der Waals surface area contributed by atoms with E-state index in [0.717, 1.165) is 18.7 Å². The van der Waals surface area contributed by atoms with Crippen molar-refractivity contribution in [2.75, 3.05) is 0 Å². The van der Waals surface area contributed by atoms with Crippen LogP contribution in [-0.4, -0.2) is 4.57 Å². The average molecular weight is 253 g/mol. The number of aryl methyl sites for hydroxylation is 1. The second-order valence-corrected chi connectivity index (χ2v) is 5.37. The second kappa shape index (κ2) is 5.04. The topological polar surface area (TPSA) is 22.0 Å². The zero-order valence-electron chi connectivity index (χ0n) is 11.3. The Morgan fingerprint density at radius 3 is 2.53 bits per heavy atom. The summed E-state index contributed by atoms with van der Waals surface area (Å²) in [6, 6.07) is 14.1. The van der Waals surface area contributed by atoms with Gasteiger partial charge in [-0.25, -0.2) is 0 Å². The summed E-state index contributed by atoms with van der Waals surface area (Å²) in [6.45, 7) is 2.86. The molecule has 2 aromatic rings. The van der Waals surface area contributed by atoms with Gasteiger partial charge < -0.3 is 4.57 Å². The molecule has 3 rings (SSSR count). The van der Waals surface area contributed by atoms with Crippen LogP contribution in [0.25, 0.3) is 0 Å². The normalized spacial score (nSPS) is 14.6. The molecule has 1 aliphatic carbocycles. The molecule has 2 heteroatoms. The number of nitrogens with zero attached hydrogens (tertiary/aromatic N) is 1. The Labute approximate surface area is 113 Å². The minimum Gasteiger partial charge on any atom is -0.312 e. The highest BCUT2D eigenvalue weighted by molar-refractivity contribution is 5.28. The van der Waals surface area contributed by atoms with Gasteiger partial charge in [0.05, 0.1) is 0 Å². The van der Waals surface area contributed by atoms with Crippen molar-refractivity contribution >= 4 is 0 Å². The quantitative estimate of drug-likeness (QED) is 0.819. The largest absolute Gasteiger partial charge is 0.312 e. The third-order valence-corrected chi connectivity index (χ3v) is 3.98. The number of rotatable bonds is 4. The molecule has 1 fully saturated rings. The zero-order chi connectivity index (χ0) is 13.2. The first-order valence-electron chi connectivity index (χ1n) is 7.00. The molecule has 0 bridgehead atoms. The van der Waals surface area contributed by atoms with E-state index < -0.39 is 0 Å². The maximum atomic E-state index is 12.0. The fourth-order valence-corrected chi connectivity index (χ4v) is 2.68. The molecule has 0 atom stereocenters. The van der Waals surface area contributed by atoms with Gasteiger partial charge in [-0.2, -0.15) is 0 Å². The van der Waals surface area contributed by atoms with E-state index in [9.17, 15) is 4.79 Å². The second-order valence-electron chi connectivity index (χ2n) is 5.37. The number of pyridine rings is 1. The summed E-state index contributed by atoms with van der Waals surface area (Å²) in [7, 11) is 0. The van der Waals surface area contributed by atoms with E-state index in [1.165, 1.54) is 24.0 Å². The lowest BCUT2D eigenvalue weighted by molar-refractivity contribution is 0.642. The van der Waals surface area contributed by atoms with Crippen LogP contribution in [0.2, 0.25) is 0 Å². The summed E-state index contributed by atoms with van der Waals surface area (Å²) in [5.74, 6) is 0.698. The Morgan fingerprint density at radius 2 is 1.84 bits per heavy atom. The minimum absolute atomic E-state index is 0.123. The van der Waals surface area contributed by atoms with E-state index in [4.69, 9.17) is 0 Å². The fourth-order valence-electron chi connectivity index (χ4n) is 2.68. The summed E-state index contributed by atoms with van der Waals surface area (Å²) in [4.78, 5) is 12.0. The van der Waals surface area contributed by atoms with Crippen LogP contribution in [0.4, 0.5) is 0 Å². The molecule has 0 unspecified atom stereocenters. The molecule has 1 saturated carbocycles. The highest BCUT2D eigenvalue weighted by Gasteiger charge is 2.26. The van der Waals surface area contributed by atoms with Crippen LogP contribution in [0.15, 0.2) is 47.3 Å². The summed E-state index contributed by atoms with van der Waals surface area (Å²) in [5.41, 5.74) is 3.93. The third-order valence-electron chi connectivity index (χ3n) is 3.98. The van der Waals surface area contributed by atoms with Gasteiger partial charge in [-0.3, -0.25) is 4.79 Å². The van der Waals surface area contributed by atoms with Crippen molar-refractivity contribution in [2.45, 2.75) is 38.6 Å². The summed E-state index contributed by atoms with van der Waals surface area (Å²) >= 11 is 0. The van der Waals surface area contributed by atoms with Crippen LogP contribution >= 0.6 is 0 Å². The van der Waals surface area contributed by atoms with Crippen LogP contribution < -0.4 is 5.56 Å². The summed E-state index contributed by atoms with van der Waals surface area (Å²) in [6.07, 6.45) is 3.46. The number of aromatic nitrogens is 1. The highest BCUT2D eigenvalue weighted by atomic mass is 16.1. The van der Waals surface area contributed by atoms with Crippen molar-refractivity contribution in [1.82, 2.24) is 4.57 Å². The molecular weight excluding hydrogens is 234 g/mol. The Balaban J connectivity index is 1.84. The lowest BCUT2D eigenvalue weighted by Crippen LogP contribution is -2.23. The molecule has 0 radical (unpaired) electrons. The number of hydrogen-bond acceptors (Lipinski definition) is 1. The molecule has 0 spiro atoms. The van der Waals surface area contributed by atoms with Crippen LogP contribution in [-0.2, 0) is 13.0 Å². The van der Waals surface area contributed by atoms with Crippen molar-refractivity contribution in [2.24, 2.45) is 0 Å². The predicted molar refractivity (Wildman–Crippen MR) is 77.6 cm³/mol. The molecule has 1 aromatic carbocycles. The molecule has 0 N–H and O–H groups in total. The lowest BCUT2D eigenvalue weighted by atomic mass is 10.1. The van der Waals surface area contributed by atoms with E-state index in [2.05, 4.69) is 19.1 Å². The SMILES string of the molecule is Cc1c(C2CC2)ccc(=O)n1CCc1ccccc1. The Morgan fingerprint density at radius 1 is 1.11 bits per heavy atom. The van der Waals surface area contributed by atoms with Crippen molar-refractivity contribution in [1.29, 1.82) is 0 Å². The van der Waals surface area contributed by atoms with Crippen molar-refractivity contribution in [3.05, 3.63) is 69.6 Å². The molecule has 1 aromatic heterocycles. The summed E-state index contributed by atoms with van der Waals surface area (Å²) < 4.78 is 1.93. The fraction of sp³-hybridized carbons (Fsp3) is 0.353. The van der Waals surface area contributed by atoms with Gasteiger partial charge in [0.25, 0.3) is 5.56 Å². The Kier molecular flexibility index (Phi) is 3.24. The zero-order valence-corrected chi connectivity index (χ0v) is 11.3. The number of benzene rings is 1. The Bertz CT molecular complexity index is 623. The van der Waals surface area contributed by atoms with Crippen LogP contribution in [0.3, 0.4) is 0 Å². The summed E-state index contributed by atoms with van der Waals surface area (Å²) in [5, 5.41) is 0. The van der Waals surface area contributed by atoms with Gasteiger partial charge in [0.2, 0.25) is 0 Å². The van der Waals surface area contributed by atoms with E-state index in [1.807, 2.05) is 28.8 Å². The molecule has 1 heterocycles. The number of hydrogen-bond donors (Lipinski definition) is 0. The van der Waals surface area contributed by atoms with Gasteiger partial charge in [-0.15, -0.1) is 0 Å². The van der Waals surface area contributed by atoms with Gasteiger partial charge in [0.15, 0.2) is 0 Å². The molecular formula is C17H19NO. The standard InChI is InChI=1S/C17H19NO/c1-13-16(15-7-8-15)9-10-17(19)18(13)12-11-14-5-3-2-4-6-14/h2-6,9-10,15H,7-8,11-12H2,1H3. The maximum absolute atomic E-state index is 12.0. The van der Waals surface area contributed by atoms with E-state index in [1.54, 1.807) is 6.07 Å². The van der Waals surface area contributed by atoms with Gasteiger partial charge in [0.1, 0.15) is 0 Å². The molecule has 1 aliphatic rings. The third kappa shape index (κ3) is 2.62. The van der Waals surface area contributed by atoms with E-state index in [-0.39, 0.29) is 5.56 Å². The van der Waals surface area contributed by atoms with Crippen LogP contribution in [0.5, 0.6) is 0 Å². The smallest absolute Gasteiger partial charge is 0.250 e. The van der Waals surface area contributed by atoms with E-state index >= 15 is 0 Å². The van der Waals surface area contributed by atoms with E-state index in [0.29, 0.717) is 5.92 Å². The van der Waals surface area contributed by atoms with Crippen LogP contribution in [0.1, 0.15) is 35.6 Å². The van der Waals surface area contributed by atoms with Gasteiger partial charge in [0, 0.05) is 18.3 Å². The highest BCUT2D eigenvalue weighted by Crippen LogP contribution is 2.40. The molecule has 0 aliphatic heterocycles. The first-order valence-corrected chi connectivity index (χ1v) is 7.00. The van der Waals surface area contributed by atoms with Gasteiger partial charge in [-0.1, -0.05) is 36.4 Å². The van der Waals surface area contributed by atoms with Crippen LogP contribution in [0, 0.1) is 6.92 Å². The first-order chi connectivity index (χ1) is 9.25. The van der Waals surface area contributed by atoms with Crippen molar-refractivity contribution < 1.29 is 0 Å². The molecule has 19 heavy (non-hydrogen) atoms. The van der Waals surface area contributed by atoms with Gasteiger partial charge >= 0.3 is 0 Å². The molecule has 0 saturated heterocycles. The van der Waals surface area contributed by atoms with Gasteiger partial charge in [-0.05, 0) is 43.2 Å². The average Bonchev–Trinajstić information content (AvgIpc) is 3.24. The Hall–Kier alpha value is -1.83.